The molecular formula is C20H26N4O3. The molecule has 0 spiro atoms. The molecule has 2 aromatic rings. The molecule has 1 aliphatic carbocycles. The van der Waals surface area contributed by atoms with Gasteiger partial charge in [0.05, 0.1) is 17.6 Å². The predicted octanol–water partition coefficient (Wildman–Crippen LogP) is 4.39. The van der Waals surface area contributed by atoms with Gasteiger partial charge in [0.15, 0.2) is 0 Å². The Morgan fingerprint density at radius 2 is 2.11 bits per heavy atom. The van der Waals surface area contributed by atoms with Crippen LogP contribution < -0.4 is 10.6 Å². The summed E-state index contributed by atoms with van der Waals surface area (Å²) in [7, 11) is 0. The van der Waals surface area contributed by atoms with E-state index in [1.165, 1.54) is 0 Å². The van der Waals surface area contributed by atoms with Crippen LogP contribution in [-0.2, 0) is 11.2 Å². The topological polar surface area (TPSA) is 96.3 Å². The number of nitrogens with one attached hydrogen (secondary N) is 2. The summed E-state index contributed by atoms with van der Waals surface area (Å²) in [6, 6.07) is 7.22. The number of nitrogens with zero attached hydrogens (tertiary/aromatic N) is 2. The van der Waals surface area contributed by atoms with Crippen LogP contribution in [0.25, 0.3) is 0 Å². The van der Waals surface area contributed by atoms with E-state index in [0.29, 0.717) is 24.1 Å². The number of anilines is 2. The van der Waals surface area contributed by atoms with Crippen molar-refractivity contribution >= 4 is 23.4 Å². The molecule has 1 heterocycles. The van der Waals surface area contributed by atoms with E-state index in [0.717, 1.165) is 36.2 Å². The molecule has 7 nitrogen and oxygen atoms in total. The van der Waals surface area contributed by atoms with E-state index in [-0.39, 0.29) is 12.5 Å². The second kappa shape index (κ2) is 8.24. The van der Waals surface area contributed by atoms with Crippen LogP contribution in [0, 0.1) is 0 Å². The molecule has 0 bridgehead atoms. The number of carboxylic acids is 1. The summed E-state index contributed by atoms with van der Waals surface area (Å²) < 4.78 is 2.03. The number of aliphatic carboxylic acids is 1. The van der Waals surface area contributed by atoms with Crippen LogP contribution in [0.2, 0.25) is 0 Å². The molecule has 1 aromatic heterocycles. The summed E-state index contributed by atoms with van der Waals surface area (Å²) in [4.78, 5) is 23.2. The van der Waals surface area contributed by atoms with Crippen LogP contribution >= 0.6 is 0 Å². The Hall–Kier alpha value is -2.83. The highest BCUT2D eigenvalue weighted by Crippen LogP contribution is 2.44. The fourth-order valence-electron chi connectivity index (χ4n) is 3.10. The minimum atomic E-state index is -0.836. The fourth-order valence-corrected chi connectivity index (χ4v) is 3.10. The summed E-state index contributed by atoms with van der Waals surface area (Å²) in [5.41, 5.74) is 3.38. The normalized spacial score (nSPS) is 14.6. The third-order valence-electron chi connectivity index (χ3n) is 4.87. The Labute approximate surface area is 158 Å². The molecule has 27 heavy (non-hydrogen) atoms. The Balaban J connectivity index is 1.67. The van der Waals surface area contributed by atoms with E-state index in [1.807, 2.05) is 16.8 Å². The predicted molar refractivity (Wildman–Crippen MR) is 104 cm³/mol. The van der Waals surface area contributed by atoms with Gasteiger partial charge in [-0.15, -0.1) is 0 Å². The largest absolute Gasteiger partial charge is 0.481 e. The average Bonchev–Trinajstić information content (AvgIpc) is 3.40. The average molecular weight is 370 g/mol. The second-order valence-electron chi connectivity index (χ2n) is 7.09. The number of hydrogen-bond acceptors (Lipinski definition) is 3. The van der Waals surface area contributed by atoms with E-state index in [2.05, 4.69) is 29.6 Å². The monoisotopic (exact) mass is 370 g/mol. The zero-order valence-corrected chi connectivity index (χ0v) is 15.7. The van der Waals surface area contributed by atoms with Crippen LogP contribution in [0.15, 0.2) is 30.5 Å². The highest BCUT2D eigenvalue weighted by atomic mass is 16.4. The number of carboxylic acid groups (broad SMARTS) is 1. The first-order chi connectivity index (χ1) is 13.0. The number of urea groups is 1. The van der Waals surface area contributed by atoms with Gasteiger partial charge in [0.1, 0.15) is 0 Å². The summed E-state index contributed by atoms with van der Waals surface area (Å²) in [6.45, 7) is 4.26. The van der Waals surface area contributed by atoms with Crippen molar-refractivity contribution in [2.24, 2.45) is 0 Å². The third kappa shape index (κ3) is 4.87. The zero-order valence-electron chi connectivity index (χ0n) is 15.7. The van der Waals surface area contributed by atoms with Gasteiger partial charge in [-0.1, -0.05) is 19.1 Å². The Morgan fingerprint density at radius 3 is 2.78 bits per heavy atom. The van der Waals surface area contributed by atoms with Crippen LogP contribution in [0.5, 0.6) is 0 Å². The van der Waals surface area contributed by atoms with Crippen molar-refractivity contribution in [3.8, 4) is 0 Å². The molecule has 7 heteroatoms. The van der Waals surface area contributed by atoms with Crippen molar-refractivity contribution in [1.29, 1.82) is 0 Å². The number of amides is 2. The maximum absolute atomic E-state index is 12.4. The van der Waals surface area contributed by atoms with Crippen LogP contribution in [0.3, 0.4) is 0 Å². The fraction of sp³-hybridized carbons (Fsp3) is 0.450. The summed E-state index contributed by atoms with van der Waals surface area (Å²) in [6.07, 6.45) is 5.46. The molecule has 144 valence electrons. The number of benzene rings is 1. The van der Waals surface area contributed by atoms with E-state index in [1.54, 1.807) is 18.3 Å². The number of aryl methyl sites for hydroxylation is 1. The summed E-state index contributed by atoms with van der Waals surface area (Å²) in [5.74, 6) is -0.367. The molecule has 0 aliphatic heterocycles. The lowest BCUT2D eigenvalue weighted by atomic mass is 10.1. The summed E-state index contributed by atoms with van der Waals surface area (Å²) in [5, 5.41) is 19.0. The molecule has 1 fully saturated rings. The molecule has 1 aliphatic rings. The van der Waals surface area contributed by atoms with E-state index in [9.17, 15) is 9.59 Å². The highest BCUT2D eigenvalue weighted by molar-refractivity contribution is 6.00. The van der Waals surface area contributed by atoms with Gasteiger partial charge in [-0.3, -0.25) is 9.48 Å². The minimum Gasteiger partial charge on any atom is -0.481 e. The van der Waals surface area contributed by atoms with Crippen molar-refractivity contribution in [3.05, 3.63) is 41.7 Å². The van der Waals surface area contributed by atoms with Gasteiger partial charge in [-0.2, -0.15) is 5.10 Å². The van der Waals surface area contributed by atoms with Crippen molar-refractivity contribution in [2.75, 3.05) is 10.6 Å². The number of hydrogen-bond donors (Lipinski definition) is 3. The maximum atomic E-state index is 12.4. The van der Waals surface area contributed by atoms with Crippen LogP contribution in [0.4, 0.5) is 16.2 Å². The van der Waals surface area contributed by atoms with Crippen molar-refractivity contribution in [1.82, 2.24) is 9.78 Å². The van der Waals surface area contributed by atoms with Crippen molar-refractivity contribution < 1.29 is 14.7 Å². The van der Waals surface area contributed by atoms with Gasteiger partial charge in [-0.25, -0.2) is 4.79 Å². The Morgan fingerprint density at radius 1 is 1.33 bits per heavy atom. The molecule has 3 rings (SSSR count). The van der Waals surface area contributed by atoms with Gasteiger partial charge in [0.25, 0.3) is 0 Å². The van der Waals surface area contributed by atoms with Crippen LogP contribution in [-0.4, -0.2) is 26.9 Å². The Kier molecular flexibility index (Phi) is 5.78. The maximum Gasteiger partial charge on any atom is 0.323 e. The Bertz CT molecular complexity index is 826. The van der Waals surface area contributed by atoms with Crippen LogP contribution in [0.1, 0.15) is 62.7 Å². The first kappa shape index (κ1) is 18.9. The first-order valence-electron chi connectivity index (χ1n) is 9.44. The van der Waals surface area contributed by atoms with Crippen molar-refractivity contribution in [3.63, 3.8) is 0 Å². The molecular weight excluding hydrogens is 344 g/mol. The molecule has 1 atom stereocenters. The lowest BCUT2D eigenvalue weighted by Crippen LogP contribution is -2.20. The SMILES string of the molecule is CCC(C)n1ncc(NC(=O)Nc2cccc(CCC(=O)O)c2)c1C1CC1. The van der Waals surface area contributed by atoms with Gasteiger partial charge in [0, 0.05) is 24.1 Å². The van der Waals surface area contributed by atoms with Gasteiger partial charge in [-0.05, 0) is 50.3 Å². The quantitative estimate of drug-likeness (QED) is 0.642. The molecule has 1 unspecified atom stereocenters. The van der Waals surface area contributed by atoms with Gasteiger partial charge >= 0.3 is 12.0 Å². The zero-order chi connectivity index (χ0) is 19.4. The second-order valence-corrected chi connectivity index (χ2v) is 7.09. The number of aromatic nitrogens is 2. The molecule has 3 N–H and O–H groups in total. The van der Waals surface area contributed by atoms with E-state index >= 15 is 0 Å². The van der Waals surface area contributed by atoms with E-state index in [4.69, 9.17) is 5.11 Å². The highest BCUT2D eigenvalue weighted by Gasteiger charge is 2.31. The number of carbonyl (C=O) groups is 2. The molecule has 1 saturated carbocycles. The lowest BCUT2D eigenvalue weighted by molar-refractivity contribution is -0.136. The van der Waals surface area contributed by atoms with Crippen molar-refractivity contribution in [2.45, 2.75) is 57.9 Å². The van der Waals surface area contributed by atoms with Gasteiger partial charge < -0.3 is 15.7 Å². The number of rotatable bonds is 8. The molecule has 1 aromatic carbocycles. The smallest absolute Gasteiger partial charge is 0.323 e. The molecule has 2 amide bonds. The van der Waals surface area contributed by atoms with Gasteiger partial charge in [0.2, 0.25) is 0 Å². The number of carbonyl (C=O) groups excluding carboxylic acids is 1. The molecule has 0 saturated heterocycles. The molecule has 0 radical (unpaired) electrons. The minimum absolute atomic E-state index is 0.0647. The first-order valence-corrected chi connectivity index (χ1v) is 9.44. The lowest BCUT2D eigenvalue weighted by Gasteiger charge is -2.15. The summed E-state index contributed by atoms with van der Waals surface area (Å²) >= 11 is 0. The third-order valence-corrected chi connectivity index (χ3v) is 4.87. The van der Waals surface area contributed by atoms with E-state index < -0.39 is 5.97 Å². The standard InChI is InChI=1S/C20H26N4O3/c1-3-13(2)24-19(15-8-9-15)17(12-21-24)23-20(27)22-16-6-4-5-14(11-16)7-10-18(25)26/h4-6,11-13,15H,3,7-10H2,1-2H3,(H,25,26)(H2,22,23,27).